The van der Waals surface area contributed by atoms with Crippen molar-refractivity contribution < 1.29 is 13.9 Å². The molecule has 0 aliphatic heterocycles. The van der Waals surface area contributed by atoms with Crippen LogP contribution in [-0.4, -0.2) is 36.4 Å². The number of aromatic nitrogens is 1. The van der Waals surface area contributed by atoms with Crippen LogP contribution in [-0.2, 0) is 9.53 Å². The zero-order chi connectivity index (χ0) is 14.5. The fourth-order valence-electron chi connectivity index (χ4n) is 1.64. The number of rotatable bonds is 7. The van der Waals surface area contributed by atoms with Gasteiger partial charge < -0.3 is 14.5 Å². The molecule has 0 saturated heterocycles. The van der Waals surface area contributed by atoms with E-state index in [-0.39, 0.29) is 5.97 Å². The number of hydrogen-bond acceptors (Lipinski definition) is 6. The van der Waals surface area contributed by atoms with Crippen LogP contribution in [0.5, 0.6) is 0 Å². The molecule has 1 atom stereocenters. The lowest BCUT2D eigenvalue weighted by Crippen LogP contribution is -2.48. The van der Waals surface area contributed by atoms with E-state index >= 15 is 0 Å². The third-order valence-electron chi connectivity index (χ3n) is 3.24. The van der Waals surface area contributed by atoms with E-state index in [0.717, 1.165) is 23.6 Å². The predicted octanol–water partition coefficient (Wildman–Crippen LogP) is 2.31. The Balaban J connectivity index is 2.39. The standard InChI is InChI=1S/C13H22N2O3S/c1-9-10(2)18-12(15-9)19-8-6-7-13(3,14-4)11(16)17-5/h14H,6-8H2,1-5H3. The van der Waals surface area contributed by atoms with Gasteiger partial charge in [0, 0.05) is 5.75 Å². The zero-order valence-corrected chi connectivity index (χ0v) is 13.0. The topological polar surface area (TPSA) is 64.4 Å². The number of nitrogens with one attached hydrogen (secondary N) is 1. The lowest BCUT2D eigenvalue weighted by atomic mass is 9.97. The second-order valence-electron chi connectivity index (χ2n) is 4.65. The van der Waals surface area contributed by atoms with Crippen LogP contribution < -0.4 is 5.32 Å². The highest BCUT2D eigenvalue weighted by molar-refractivity contribution is 7.99. The molecule has 0 saturated carbocycles. The van der Waals surface area contributed by atoms with Crippen molar-refractivity contribution in [2.45, 2.75) is 44.4 Å². The van der Waals surface area contributed by atoms with Crippen molar-refractivity contribution in [3.8, 4) is 0 Å². The van der Waals surface area contributed by atoms with Crippen LogP contribution in [0, 0.1) is 13.8 Å². The smallest absolute Gasteiger partial charge is 0.325 e. The molecule has 1 aromatic rings. The lowest BCUT2D eigenvalue weighted by molar-refractivity contribution is -0.148. The Morgan fingerprint density at radius 1 is 1.53 bits per heavy atom. The summed E-state index contributed by atoms with van der Waals surface area (Å²) in [4.78, 5) is 16.0. The van der Waals surface area contributed by atoms with E-state index in [1.165, 1.54) is 7.11 Å². The van der Waals surface area contributed by atoms with Gasteiger partial charge in [0.1, 0.15) is 11.3 Å². The third-order valence-corrected chi connectivity index (χ3v) is 4.16. The number of carbonyl (C=O) groups excluding carboxylic acids is 1. The SMILES string of the molecule is CNC(C)(CCCSc1nc(C)c(C)o1)C(=O)OC. The predicted molar refractivity (Wildman–Crippen MR) is 75.4 cm³/mol. The molecule has 19 heavy (non-hydrogen) atoms. The van der Waals surface area contributed by atoms with Gasteiger partial charge >= 0.3 is 5.97 Å². The van der Waals surface area contributed by atoms with Gasteiger partial charge in [-0.25, -0.2) is 4.98 Å². The van der Waals surface area contributed by atoms with Gasteiger partial charge in [-0.1, -0.05) is 11.8 Å². The quantitative estimate of drug-likeness (QED) is 0.471. The second-order valence-corrected chi connectivity index (χ2v) is 5.69. The Morgan fingerprint density at radius 3 is 2.68 bits per heavy atom. The number of esters is 1. The Bertz CT molecular complexity index is 414. The molecule has 0 radical (unpaired) electrons. The molecule has 0 aliphatic rings. The molecule has 1 aromatic heterocycles. The molecule has 0 bridgehead atoms. The Morgan fingerprint density at radius 2 is 2.21 bits per heavy atom. The fourth-order valence-corrected chi connectivity index (χ4v) is 2.49. The van der Waals surface area contributed by atoms with Gasteiger partial charge in [-0.3, -0.25) is 4.79 Å². The first kappa shape index (κ1) is 16.0. The van der Waals surface area contributed by atoms with Crippen LogP contribution in [0.15, 0.2) is 9.64 Å². The van der Waals surface area contributed by atoms with Crippen molar-refractivity contribution in [3.05, 3.63) is 11.5 Å². The minimum atomic E-state index is -0.627. The van der Waals surface area contributed by atoms with Gasteiger partial charge in [0.2, 0.25) is 0 Å². The van der Waals surface area contributed by atoms with Crippen LogP contribution in [0.2, 0.25) is 0 Å². The summed E-state index contributed by atoms with van der Waals surface area (Å²) in [6.45, 7) is 5.68. The maximum Gasteiger partial charge on any atom is 0.325 e. The highest BCUT2D eigenvalue weighted by Gasteiger charge is 2.31. The van der Waals surface area contributed by atoms with Crippen molar-refractivity contribution in [1.82, 2.24) is 10.3 Å². The van der Waals surface area contributed by atoms with E-state index < -0.39 is 5.54 Å². The van der Waals surface area contributed by atoms with Gasteiger partial charge in [0.05, 0.1) is 12.8 Å². The van der Waals surface area contributed by atoms with Crippen molar-refractivity contribution in [2.75, 3.05) is 19.9 Å². The maximum atomic E-state index is 11.7. The normalized spacial score (nSPS) is 14.2. The number of methoxy groups -OCH3 is 1. The number of thioether (sulfide) groups is 1. The molecule has 5 nitrogen and oxygen atoms in total. The van der Waals surface area contributed by atoms with Gasteiger partial charge in [-0.15, -0.1) is 0 Å². The van der Waals surface area contributed by atoms with Gasteiger partial charge in [-0.05, 0) is 40.7 Å². The third kappa shape index (κ3) is 4.24. The first-order valence-corrected chi connectivity index (χ1v) is 7.25. The van der Waals surface area contributed by atoms with Crippen molar-refractivity contribution in [1.29, 1.82) is 0 Å². The molecule has 1 heterocycles. The van der Waals surface area contributed by atoms with Crippen LogP contribution in [0.3, 0.4) is 0 Å². The van der Waals surface area contributed by atoms with Crippen molar-refractivity contribution in [3.63, 3.8) is 0 Å². The number of carbonyl (C=O) groups is 1. The molecule has 0 amide bonds. The Kier molecular flexibility index (Phi) is 5.87. The first-order valence-electron chi connectivity index (χ1n) is 6.27. The molecule has 0 spiro atoms. The van der Waals surface area contributed by atoms with Gasteiger partial charge in [0.15, 0.2) is 0 Å². The maximum absolute atomic E-state index is 11.7. The Hall–Kier alpha value is -1.01. The zero-order valence-electron chi connectivity index (χ0n) is 12.2. The molecule has 1 unspecified atom stereocenters. The number of hydrogen-bond donors (Lipinski definition) is 1. The van der Waals surface area contributed by atoms with E-state index in [1.54, 1.807) is 18.8 Å². The van der Waals surface area contributed by atoms with E-state index in [2.05, 4.69) is 10.3 Å². The number of ether oxygens (including phenoxy) is 1. The summed E-state index contributed by atoms with van der Waals surface area (Å²) < 4.78 is 10.3. The summed E-state index contributed by atoms with van der Waals surface area (Å²) in [6, 6.07) is 0. The van der Waals surface area contributed by atoms with E-state index in [0.29, 0.717) is 11.6 Å². The highest BCUT2D eigenvalue weighted by atomic mass is 32.2. The number of nitrogens with zero attached hydrogens (tertiary/aromatic N) is 1. The monoisotopic (exact) mass is 286 g/mol. The number of likely N-dealkylation sites (N-methyl/N-ethyl adjacent to an activating group) is 1. The number of oxazole rings is 1. The van der Waals surface area contributed by atoms with Crippen molar-refractivity contribution in [2.24, 2.45) is 0 Å². The molecule has 0 aromatic carbocycles. The molecule has 1 rings (SSSR count). The van der Waals surface area contributed by atoms with Gasteiger partial charge in [-0.2, -0.15) is 0 Å². The molecule has 0 fully saturated rings. The summed E-state index contributed by atoms with van der Waals surface area (Å²) in [5.74, 6) is 1.48. The van der Waals surface area contributed by atoms with E-state index in [4.69, 9.17) is 9.15 Å². The molecule has 108 valence electrons. The summed E-state index contributed by atoms with van der Waals surface area (Å²) >= 11 is 1.57. The van der Waals surface area contributed by atoms with Crippen LogP contribution in [0.25, 0.3) is 0 Å². The van der Waals surface area contributed by atoms with Crippen LogP contribution >= 0.6 is 11.8 Å². The summed E-state index contributed by atoms with van der Waals surface area (Å²) in [6.07, 6.45) is 1.58. The minimum absolute atomic E-state index is 0.234. The minimum Gasteiger partial charge on any atom is -0.468 e. The summed E-state index contributed by atoms with van der Waals surface area (Å²) in [7, 11) is 3.18. The lowest BCUT2D eigenvalue weighted by Gasteiger charge is -2.25. The Labute approximate surface area is 118 Å². The van der Waals surface area contributed by atoms with Crippen LogP contribution in [0.1, 0.15) is 31.2 Å². The fraction of sp³-hybridized carbons (Fsp3) is 0.692. The van der Waals surface area contributed by atoms with Gasteiger partial charge in [0.25, 0.3) is 5.22 Å². The molecule has 6 heteroatoms. The molecule has 1 N–H and O–H groups in total. The van der Waals surface area contributed by atoms with Crippen molar-refractivity contribution >= 4 is 17.7 Å². The second kappa shape index (κ2) is 6.96. The molecular weight excluding hydrogens is 264 g/mol. The average molecular weight is 286 g/mol. The first-order chi connectivity index (χ1) is 8.92. The van der Waals surface area contributed by atoms with E-state index in [9.17, 15) is 4.79 Å². The summed E-state index contributed by atoms with van der Waals surface area (Å²) in [5, 5.41) is 3.71. The largest absolute Gasteiger partial charge is 0.468 e. The highest BCUT2D eigenvalue weighted by Crippen LogP contribution is 2.23. The van der Waals surface area contributed by atoms with E-state index in [1.807, 2.05) is 20.8 Å². The average Bonchev–Trinajstić information content (AvgIpc) is 2.72. The van der Waals surface area contributed by atoms with Crippen LogP contribution in [0.4, 0.5) is 0 Å². The molecular formula is C13H22N2O3S. The molecule has 0 aliphatic carbocycles. The number of aryl methyl sites for hydroxylation is 2. The summed E-state index contributed by atoms with van der Waals surface area (Å²) in [5.41, 5.74) is 0.301.